The molecule has 1 rings (SSSR count). The Balaban J connectivity index is 2.17. The highest BCUT2D eigenvalue weighted by molar-refractivity contribution is 4.93. The number of rotatable bonds is 0. The molecule has 70 valence electrons. The molecule has 0 heterocycles. The second-order valence-corrected chi connectivity index (χ2v) is 4.08. The zero-order chi connectivity index (χ0) is 8.65. The molecule has 0 aromatic rings. The van der Waals surface area contributed by atoms with Crippen molar-refractivity contribution in [1.82, 2.24) is 0 Å². The molecule has 0 unspecified atom stereocenters. The molecule has 1 aliphatic carbocycles. The Labute approximate surface area is 77.1 Å². The van der Waals surface area contributed by atoms with Crippen molar-refractivity contribution in [3.8, 4) is 0 Å². The molecular formula is C12H22. The van der Waals surface area contributed by atoms with Crippen LogP contribution in [0, 0.1) is 0 Å². The Bertz CT molecular complexity index is 110. The van der Waals surface area contributed by atoms with E-state index in [4.69, 9.17) is 0 Å². The standard InChI is InChI=1S/C12H22/c1-12-10-8-6-4-2-3-5-7-9-11-12/h1-11H2. The van der Waals surface area contributed by atoms with Crippen LogP contribution in [-0.4, -0.2) is 0 Å². The third-order valence-corrected chi connectivity index (χ3v) is 2.81. The molecule has 12 heavy (non-hydrogen) atoms. The maximum atomic E-state index is 4.12. The van der Waals surface area contributed by atoms with E-state index in [1.54, 1.807) is 0 Å². The Kier molecular flexibility index (Phi) is 5.14. The molecule has 0 aliphatic heterocycles. The van der Waals surface area contributed by atoms with Crippen LogP contribution in [0.3, 0.4) is 0 Å². The fourth-order valence-electron chi connectivity index (χ4n) is 1.94. The maximum absolute atomic E-state index is 4.12. The fourth-order valence-corrected chi connectivity index (χ4v) is 1.94. The van der Waals surface area contributed by atoms with Gasteiger partial charge < -0.3 is 0 Å². The highest BCUT2D eigenvalue weighted by Gasteiger charge is 1.98. The molecule has 0 atom stereocenters. The van der Waals surface area contributed by atoms with Crippen molar-refractivity contribution in [3.05, 3.63) is 12.2 Å². The molecule has 0 aromatic heterocycles. The van der Waals surface area contributed by atoms with Crippen LogP contribution in [0.4, 0.5) is 0 Å². The van der Waals surface area contributed by atoms with E-state index in [0.717, 1.165) is 0 Å². The lowest BCUT2D eigenvalue weighted by Crippen LogP contribution is -1.82. The molecular weight excluding hydrogens is 144 g/mol. The zero-order valence-electron chi connectivity index (χ0n) is 8.28. The molecule has 0 spiro atoms. The van der Waals surface area contributed by atoms with Crippen LogP contribution in [0.15, 0.2) is 12.2 Å². The van der Waals surface area contributed by atoms with E-state index in [1.165, 1.54) is 69.8 Å². The van der Waals surface area contributed by atoms with Crippen molar-refractivity contribution in [2.75, 3.05) is 0 Å². The molecule has 0 nitrogen and oxygen atoms in total. The molecule has 0 bridgehead atoms. The normalized spacial score (nSPS) is 23.2. The average molecular weight is 166 g/mol. The summed E-state index contributed by atoms with van der Waals surface area (Å²) < 4.78 is 0. The Morgan fingerprint density at radius 2 is 0.917 bits per heavy atom. The van der Waals surface area contributed by atoms with Crippen LogP contribution >= 0.6 is 0 Å². The summed E-state index contributed by atoms with van der Waals surface area (Å²) in [6, 6.07) is 0. The lowest BCUT2D eigenvalue weighted by molar-refractivity contribution is 0.585. The zero-order valence-corrected chi connectivity index (χ0v) is 8.28. The lowest BCUT2D eigenvalue weighted by Gasteiger charge is -2.02. The minimum absolute atomic E-state index is 1.29. The van der Waals surface area contributed by atoms with Gasteiger partial charge in [0.05, 0.1) is 0 Å². The summed E-state index contributed by atoms with van der Waals surface area (Å²) >= 11 is 0. The second kappa shape index (κ2) is 6.28. The minimum atomic E-state index is 1.29. The van der Waals surface area contributed by atoms with Crippen LogP contribution in [0.2, 0.25) is 0 Å². The first-order valence-corrected chi connectivity index (χ1v) is 5.56. The second-order valence-electron chi connectivity index (χ2n) is 4.08. The summed E-state index contributed by atoms with van der Waals surface area (Å²) in [5.41, 5.74) is 1.50. The van der Waals surface area contributed by atoms with Gasteiger partial charge in [0.2, 0.25) is 0 Å². The van der Waals surface area contributed by atoms with E-state index < -0.39 is 0 Å². The van der Waals surface area contributed by atoms with E-state index in [-0.39, 0.29) is 0 Å². The summed E-state index contributed by atoms with van der Waals surface area (Å²) in [4.78, 5) is 0. The van der Waals surface area contributed by atoms with Gasteiger partial charge in [-0.3, -0.25) is 0 Å². The average Bonchev–Trinajstić information content (AvgIpc) is 2.11. The van der Waals surface area contributed by atoms with Gasteiger partial charge in [0.25, 0.3) is 0 Å². The monoisotopic (exact) mass is 166 g/mol. The van der Waals surface area contributed by atoms with Crippen LogP contribution in [0.25, 0.3) is 0 Å². The topological polar surface area (TPSA) is 0 Å². The van der Waals surface area contributed by atoms with Gasteiger partial charge in [-0.1, -0.05) is 50.7 Å². The molecule has 0 radical (unpaired) electrons. The molecule has 1 aliphatic rings. The van der Waals surface area contributed by atoms with Crippen molar-refractivity contribution in [2.45, 2.75) is 64.2 Å². The summed E-state index contributed by atoms with van der Waals surface area (Å²) in [6.45, 7) is 4.12. The Hall–Kier alpha value is -0.260. The predicted octanol–water partition coefficient (Wildman–Crippen LogP) is 4.46. The smallest absolute Gasteiger partial charge is 0.0323 e. The largest absolute Gasteiger partial charge is 0.0999 e. The third-order valence-electron chi connectivity index (χ3n) is 2.81. The highest BCUT2D eigenvalue weighted by Crippen LogP contribution is 2.18. The third kappa shape index (κ3) is 4.58. The summed E-state index contributed by atoms with van der Waals surface area (Å²) in [7, 11) is 0. The molecule has 1 saturated carbocycles. The van der Waals surface area contributed by atoms with Crippen LogP contribution in [0.5, 0.6) is 0 Å². The molecule has 1 fully saturated rings. The molecule has 0 aromatic carbocycles. The van der Waals surface area contributed by atoms with Crippen molar-refractivity contribution >= 4 is 0 Å². The number of hydrogen-bond acceptors (Lipinski definition) is 0. The summed E-state index contributed by atoms with van der Waals surface area (Å²) in [5.74, 6) is 0. The van der Waals surface area contributed by atoms with Crippen LogP contribution in [-0.2, 0) is 0 Å². The maximum Gasteiger partial charge on any atom is -0.0323 e. The predicted molar refractivity (Wildman–Crippen MR) is 55.3 cm³/mol. The molecule has 0 N–H and O–H groups in total. The van der Waals surface area contributed by atoms with Crippen molar-refractivity contribution in [2.24, 2.45) is 0 Å². The Morgan fingerprint density at radius 3 is 1.33 bits per heavy atom. The van der Waals surface area contributed by atoms with E-state index in [1.807, 2.05) is 0 Å². The van der Waals surface area contributed by atoms with Crippen molar-refractivity contribution in [3.63, 3.8) is 0 Å². The number of allylic oxidation sites excluding steroid dienone is 1. The van der Waals surface area contributed by atoms with Gasteiger partial charge in [0.15, 0.2) is 0 Å². The minimum Gasteiger partial charge on any atom is -0.0999 e. The van der Waals surface area contributed by atoms with E-state index in [9.17, 15) is 0 Å². The first-order valence-electron chi connectivity index (χ1n) is 5.56. The Morgan fingerprint density at radius 1 is 0.583 bits per heavy atom. The molecule has 0 saturated heterocycles. The van der Waals surface area contributed by atoms with Crippen molar-refractivity contribution < 1.29 is 0 Å². The quantitative estimate of drug-likeness (QED) is 0.466. The van der Waals surface area contributed by atoms with Gasteiger partial charge in [-0.25, -0.2) is 0 Å². The van der Waals surface area contributed by atoms with Gasteiger partial charge in [0, 0.05) is 0 Å². The highest BCUT2D eigenvalue weighted by atomic mass is 14.0. The van der Waals surface area contributed by atoms with Gasteiger partial charge in [-0.15, -0.1) is 0 Å². The van der Waals surface area contributed by atoms with E-state index in [2.05, 4.69) is 6.58 Å². The SMILES string of the molecule is C=C1CCCCCCCCCC1. The van der Waals surface area contributed by atoms with Gasteiger partial charge in [0.1, 0.15) is 0 Å². The van der Waals surface area contributed by atoms with Crippen molar-refractivity contribution in [1.29, 1.82) is 0 Å². The first kappa shape index (κ1) is 9.83. The fraction of sp³-hybridized carbons (Fsp3) is 0.833. The molecule has 0 heteroatoms. The van der Waals surface area contributed by atoms with E-state index >= 15 is 0 Å². The number of hydrogen-bond donors (Lipinski definition) is 0. The van der Waals surface area contributed by atoms with Crippen LogP contribution < -0.4 is 0 Å². The van der Waals surface area contributed by atoms with Gasteiger partial charge in [-0.2, -0.15) is 0 Å². The first-order chi connectivity index (χ1) is 5.89. The lowest BCUT2D eigenvalue weighted by atomic mass is 10.0. The summed E-state index contributed by atoms with van der Waals surface area (Å²) in [6.07, 6.45) is 14.1. The van der Waals surface area contributed by atoms with Crippen LogP contribution in [0.1, 0.15) is 64.2 Å². The van der Waals surface area contributed by atoms with Gasteiger partial charge >= 0.3 is 0 Å². The van der Waals surface area contributed by atoms with Gasteiger partial charge in [-0.05, 0) is 25.7 Å². The molecule has 0 amide bonds. The summed E-state index contributed by atoms with van der Waals surface area (Å²) in [5, 5.41) is 0. The van der Waals surface area contributed by atoms with E-state index in [0.29, 0.717) is 0 Å².